The average Bonchev–Trinajstić information content (AvgIpc) is 2.81. The largest absolute Gasteiger partial charge is 0.316 e. The molecule has 2 rings (SSSR count). The second-order valence-corrected chi connectivity index (χ2v) is 4.43. The van der Waals surface area contributed by atoms with Crippen molar-refractivity contribution in [2.24, 2.45) is 0 Å². The first-order valence-electron chi connectivity index (χ1n) is 6.17. The van der Waals surface area contributed by atoms with Gasteiger partial charge in [0.25, 0.3) is 0 Å². The molecule has 0 saturated carbocycles. The van der Waals surface area contributed by atoms with E-state index < -0.39 is 0 Å². The average molecular weight is 203 g/mol. The van der Waals surface area contributed by atoms with Crippen LogP contribution in [0.2, 0.25) is 0 Å². The van der Waals surface area contributed by atoms with Crippen LogP contribution in [-0.4, -0.2) is 13.1 Å². The standard InChI is InChI=1S/C14H21N/c1-3-11-5-6-12(4-2)14(9-11)13-7-8-15-10-13/h5-6,9,13,15H,3-4,7-8,10H2,1-2H3. The molecule has 1 aromatic rings. The Morgan fingerprint density at radius 2 is 2.13 bits per heavy atom. The van der Waals surface area contributed by atoms with E-state index in [1.807, 2.05) is 0 Å². The molecule has 0 bridgehead atoms. The zero-order valence-electron chi connectivity index (χ0n) is 9.84. The number of nitrogens with one attached hydrogen (secondary N) is 1. The Balaban J connectivity index is 2.32. The van der Waals surface area contributed by atoms with E-state index >= 15 is 0 Å². The molecule has 1 aliphatic rings. The van der Waals surface area contributed by atoms with Crippen LogP contribution in [0.15, 0.2) is 18.2 Å². The van der Waals surface area contributed by atoms with E-state index in [4.69, 9.17) is 0 Å². The maximum Gasteiger partial charge on any atom is 0.00207 e. The number of hydrogen-bond donors (Lipinski definition) is 1. The van der Waals surface area contributed by atoms with Gasteiger partial charge in [-0.2, -0.15) is 0 Å². The Bertz CT molecular complexity index is 324. The summed E-state index contributed by atoms with van der Waals surface area (Å²) in [4.78, 5) is 0. The van der Waals surface area contributed by atoms with E-state index in [0.29, 0.717) is 0 Å². The summed E-state index contributed by atoms with van der Waals surface area (Å²) in [6.45, 7) is 6.84. The normalized spacial score (nSPS) is 20.8. The van der Waals surface area contributed by atoms with Gasteiger partial charge in [-0.05, 0) is 48.4 Å². The van der Waals surface area contributed by atoms with Crippen LogP contribution in [0.5, 0.6) is 0 Å². The summed E-state index contributed by atoms with van der Waals surface area (Å²) in [7, 11) is 0. The minimum atomic E-state index is 0.756. The van der Waals surface area contributed by atoms with Crippen LogP contribution in [0.25, 0.3) is 0 Å². The predicted molar refractivity (Wildman–Crippen MR) is 65.4 cm³/mol. The van der Waals surface area contributed by atoms with Gasteiger partial charge in [0.1, 0.15) is 0 Å². The molecular weight excluding hydrogens is 182 g/mol. The van der Waals surface area contributed by atoms with Crippen LogP contribution in [0.3, 0.4) is 0 Å². The summed E-state index contributed by atoms with van der Waals surface area (Å²) in [5, 5.41) is 3.46. The predicted octanol–water partition coefficient (Wildman–Crippen LogP) is 2.89. The third-order valence-corrected chi connectivity index (χ3v) is 3.50. The van der Waals surface area contributed by atoms with E-state index in [9.17, 15) is 0 Å². The van der Waals surface area contributed by atoms with Gasteiger partial charge in [-0.15, -0.1) is 0 Å². The van der Waals surface area contributed by atoms with Gasteiger partial charge in [0, 0.05) is 6.54 Å². The maximum absolute atomic E-state index is 3.46. The van der Waals surface area contributed by atoms with Gasteiger partial charge in [-0.1, -0.05) is 32.0 Å². The second kappa shape index (κ2) is 4.80. The molecule has 1 fully saturated rings. The van der Waals surface area contributed by atoms with Gasteiger partial charge in [-0.3, -0.25) is 0 Å². The molecule has 15 heavy (non-hydrogen) atoms. The van der Waals surface area contributed by atoms with Gasteiger partial charge in [0.05, 0.1) is 0 Å². The Hall–Kier alpha value is -0.820. The van der Waals surface area contributed by atoms with Gasteiger partial charge in [0.15, 0.2) is 0 Å². The van der Waals surface area contributed by atoms with E-state index in [1.54, 1.807) is 11.1 Å². The Morgan fingerprint density at radius 1 is 1.27 bits per heavy atom. The van der Waals surface area contributed by atoms with E-state index in [1.165, 1.54) is 25.1 Å². The fraction of sp³-hybridized carbons (Fsp3) is 0.571. The monoisotopic (exact) mass is 203 g/mol. The molecule has 0 spiro atoms. The summed E-state index contributed by atoms with van der Waals surface area (Å²) in [6, 6.07) is 7.04. The maximum atomic E-state index is 3.46. The van der Waals surface area contributed by atoms with Crippen molar-refractivity contribution in [3.8, 4) is 0 Å². The highest BCUT2D eigenvalue weighted by Crippen LogP contribution is 2.27. The molecule has 1 aliphatic heterocycles. The molecule has 0 aliphatic carbocycles. The highest BCUT2D eigenvalue weighted by atomic mass is 14.9. The highest BCUT2D eigenvalue weighted by Gasteiger charge is 2.18. The minimum Gasteiger partial charge on any atom is -0.316 e. The van der Waals surface area contributed by atoms with Crippen molar-refractivity contribution in [3.63, 3.8) is 0 Å². The minimum absolute atomic E-state index is 0.756. The van der Waals surface area contributed by atoms with Crippen molar-refractivity contribution < 1.29 is 0 Å². The Labute approximate surface area is 92.9 Å². The zero-order chi connectivity index (χ0) is 10.7. The van der Waals surface area contributed by atoms with Gasteiger partial charge in [-0.25, -0.2) is 0 Å². The molecular formula is C14H21N. The lowest BCUT2D eigenvalue weighted by molar-refractivity contribution is 0.749. The quantitative estimate of drug-likeness (QED) is 0.796. The van der Waals surface area contributed by atoms with Crippen molar-refractivity contribution in [2.75, 3.05) is 13.1 Å². The highest BCUT2D eigenvalue weighted by molar-refractivity contribution is 5.35. The van der Waals surface area contributed by atoms with Crippen LogP contribution < -0.4 is 5.32 Å². The number of rotatable bonds is 3. The summed E-state index contributed by atoms with van der Waals surface area (Å²) in [6.07, 6.45) is 3.62. The van der Waals surface area contributed by atoms with Crippen LogP contribution in [0, 0.1) is 0 Å². The number of benzene rings is 1. The molecule has 0 amide bonds. The number of aryl methyl sites for hydroxylation is 2. The Kier molecular flexibility index (Phi) is 3.42. The van der Waals surface area contributed by atoms with Crippen LogP contribution in [0.1, 0.15) is 42.9 Å². The molecule has 1 aromatic carbocycles. The van der Waals surface area contributed by atoms with Crippen LogP contribution >= 0.6 is 0 Å². The smallest absolute Gasteiger partial charge is 0.00207 e. The van der Waals surface area contributed by atoms with E-state index in [2.05, 4.69) is 37.4 Å². The lowest BCUT2D eigenvalue weighted by atomic mass is 9.90. The van der Waals surface area contributed by atoms with E-state index in [0.717, 1.165) is 18.8 Å². The van der Waals surface area contributed by atoms with Crippen LogP contribution in [0.4, 0.5) is 0 Å². The third-order valence-electron chi connectivity index (χ3n) is 3.50. The summed E-state index contributed by atoms with van der Waals surface area (Å²) < 4.78 is 0. The molecule has 0 radical (unpaired) electrons. The number of hydrogen-bond acceptors (Lipinski definition) is 1. The van der Waals surface area contributed by atoms with Gasteiger partial charge in [0.2, 0.25) is 0 Å². The van der Waals surface area contributed by atoms with E-state index in [-0.39, 0.29) is 0 Å². The van der Waals surface area contributed by atoms with Gasteiger partial charge < -0.3 is 5.32 Å². The molecule has 1 heteroatoms. The second-order valence-electron chi connectivity index (χ2n) is 4.43. The molecule has 1 heterocycles. The van der Waals surface area contributed by atoms with Crippen molar-refractivity contribution in [2.45, 2.75) is 39.0 Å². The van der Waals surface area contributed by atoms with Crippen LogP contribution in [-0.2, 0) is 12.8 Å². The first-order valence-corrected chi connectivity index (χ1v) is 6.17. The Morgan fingerprint density at radius 3 is 2.73 bits per heavy atom. The third kappa shape index (κ3) is 2.23. The van der Waals surface area contributed by atoms with Crippen molar-refractivity contribution in [1.29, 1.82) is 0 Å². The first kappa shape index (κ1) is 10.7. The molecule has 82 valence electrons. The first-order chi connectivity index (χ1) is 7.35. The van der Waals surface area contributed by atoms with Crippen molar-refractivity contribution in [1.82, 2.24) is 5.32 Å². The fourth-order valence-electron chi connectivity index (χ4n) is 2.49. The molecule has 1 saturated heterocycles. The van der Waals surface area contributed by atoms with Crippen molar-refractivity contribution in [3.05, 3.63) is 34.9 Å². The van der Waals surface area contributed by atoms with Crippen molar-refractivity contribution >= 4 is 0 Å². The SMILES string of the molecule is CCc1ccc(CC)c(C2CCNC2)c1. The summed E-state index contributed by atoms with van der Waals surface area (Å²) in [5.41, 5.74) is 4.62. The lowest BCUT2D eigenvalue weighted by Crippen LogP contribution is -2.09. The van der Waals surface area contributed by atoms with Gasteiger partial charge >= 0.3 is 0 Å². The molecule has 1 unspecified atom stereocenters. The fourth-order valence-corrected chi connectivity index (χ4v) is 2.49. The molecule has 1 nitrogen and oxygen atoms in total. The molecule has 1 atom stereocenters. The zero-order valence-corrected chi connectivity index (χ0v) is 9.84. The molecule has 0 aromatic heterocycles. The lowest BCUT2D eigenvalue weighted by Gasteiger charge is -2.15. The topological polar surface area (TPSA) is 12.0 Å². The summed E-state index contributed by atoms with van der Waals surface area (Å²) in [5.74, 6) is 0.756. The summed E-state index contributed by atoms with van der Waals surface area (Å²) >= 11 is 0. The molecule has 1 N–H and O–H groups in total.